The molecular formula is C11H13BrFNO3. The molecule has 1 unspecified atom stereocenters. The Balaban J connectivity index is 2.75. The first-order chi connectivity index (χ1) is 8.06. The molecule has 0 heterocycles. The topological polar surface area (TPSA) is 58.6 Å². The number of halogens is 2. The molecule has 0 radical (unpaired) electrons. The molecule has 6 heteroatoms. The molecule has 0 aliphatic heterocycles. The van der Waals surface area contributed by atoms with E-state index in [9.17, 15) is 9.18 Å². The first kappa shape index (κ1) is 14.1. The van der Waals surface area contributed by atoms with Gasteiger partial charge in [0, 0.05) is 17.1 Å². The van der Waals surface area contributed by atoms with Crippen LogP contribution in [0.15, 0.2) is 22.7 Å². The fourth-order valence-electron chi connectivity index (χ4n) is 1.29. The summed E-state index contributed by atoms with van der Waals surface area (Å²) < 4.78 is 18.4. The van der Waals surface area contributed by atoms with Crippen molar-refractivity contribution in [3.8, 4) is 0 Å². The van der Waals surface area contributed by atoms with Crippen molar-refractivity contribution in [3.63, 3.8) is 0 Å². The van der Waals surface area contributed by atoms with E-state index in [2.05, 4.69) is 21.2 Å². The van der Waals surface area contributed by atoms with Crippen molar-refractivity contribution in [2.24, 2.45) is 0 Å². The molecule has 0 spiro atoms. The molecule has 0 fully saturated rings. The van der Waals surface area contributed by atoms with Crippen molar-refractivity contribution in [1.29, 1.82) is 0 Å². The lowest BCUT2D eigenvalue weighted by atomic mass is 10.2. The third-order valence-corrected chi connectivity index (χ3v) is 2.51. The third kappa shape index (κ3) is 4.41. The minimum Gasteiger partial charge on any atom is -0.394 e. The largest absolute Gasteiger partial charge is 0.394 e. The summed E-state index contributed by atoms with van der Waals surface area (Å²) >= 11 is 3.10. The van der Waals surface area contributed by atoms with Gasteiger partial charge in [0.1, 0.15) is 5.82 Å². The summed E-state index contributed by atoms with van der Waals surface area (Å²) in [7, 11) is 1.47. The normalized spacial score (nSPS) is 12.2. The van der Waals surface area contributed by atoms with Gasteiger partial charge in [0.2, 0.25) is 0 Å². The number of hydrogen-bond acceptors (Lipinski definition) is 3. The predicted molar refractivity (Wildman–Crippen MR) is 64.3 cm³/mol. The second kappa shape index (κ2) is 6.68. The van der Waals surface area contributed by atoms with Crippen LogP contribution in [0.4, 0.5) is 4.39 Å². The Kier molecular flexibility index (Phi) is 5.54. The van der Waals surface area contributed by atoms with Gasteiger partial charge in [0.05, 0.1) is 19.3 Å². The summed E-state index contributed by atoms with van der Waals surface area (Å²) in [6, 6.07) is 3.38. The quantitative estimate of drug-likeness (QED) is 0.863. The molecule has 0 aliphatic rings. The van der Waals surface area contributed by atoms with Crippen LogP contribution < -0.4 is 5.32 Å². The van der Waals surface area contributed by atoms with Gasteiger partial charge in [0.25, 0.3) is 5.91 Å². The van der Waals surface area contributed by atoms with Crippen molar-refractivity contribution in [3.05, 3.63) is 34.1 Å². The number of amides is 1. The van der Waals surface area contributed by atoms with E-state index in [1.54, 1.807) is 0 Å². The van der Waals surface area contributed by atoms with E-state index in [4.69, 9.17) is 9.84 Å². The van der Waals surface area contributed by atoms with Gasteiger partial charge in [-0.3, -0.25) is 4.79 Å². The summed E-state index contributed by atoms with van der Waals surface area (Å²) in [5.74, 6) is -0.960. The zero-order chi connectivity index (χ0) is 12.8. The average molecular weight is 306 g/mol. The molecule has 4 nitrogen and oxygen atoms in total. The highest BCUT2D eigenvalue weighted by Crippen LogP contribution is 2.14. The lowest BCUT2D eigenvalue weighted by Crippen LogP contribution is -2.40. The number of ether oxygens (including phenoxy) is 1. The maximum atomic E-state index is 13.1. The molecule has 2 N–H and O–H groups in total. The van der Waals surface area contributed by atoms with E-state index in [1.165, 1.54) is 19.2 Å². The monoisotopic (exact) mass is 305 g/mol. The van der Waals surface area contributed by atoms with Crippen LogP contribution in [0, 0.1) is 5.82 Å². The van der Waals surface area contributed by atoms with Crippen LogP contribution >= 0.6 is 15.9 Å². The summed E-state index contributed by atoms with van der Waals surface area (Å²) in [5, 5.41) is 11.5. The number of aliphatic hydroxyl groups excluding tert-OH is 1. The van der Waals surface area contributed by atoms with E-state index in [0.717, 1.165) is 6.07 Å². The SMILES string of the molecule is COCC(CO)NC(=O)c1cc(F)cc(Br)c1. The Labute approximate surface area is 107 Å². The minimum atomic E-state index is -0.505. The molecule has 1 aromatic rings. The first-order valence-electron chi connectivity index (χ1n) is 4.93. The molecule has 17 heavy (non-hydrogen) atoms. The fourth-order valence-corrected chi connectivity index (χ4v) is 1.76. The van der Waals surface area contributed by atoms with Crippen LogP contribution in [-0.2, 0) is 4.74 Å². The Morgan fingerprint density at radius 3 is 2.82 bits per heavy atom. The zero-order valence-corrected chi connectivity index (χ0v) is 10.8. The number of rotatable bonds is 5. The van der Waals surface area contributed by atoms with E-state index >= 15 is 0 Å². The highest BCUT2D eigenvalue weighted by Gasteiger charge is 2.13. The smallest absolute Gasteiger partial charge is 0.251 e. The molecule has 0 saturated heterocycles. The molecule has 0 aromatic heterocycles. The summed E-state index contributed by atoms with van der Waals surface area (Å²) in [4.78, 5) is 11.7. The lowest BCUT2D eigenvalue weighted by molar-refractivity contribution is 0.0839. The van der Waals surface area contributed by atoms with Crippen molar-refractivity contribution in [2.45, 2.75) is 6.04 Å². The standard InChI is InChI=1S/C11H13BrFNO3/c1-17-6-10(5-15)14-11(16)7-2-8(12)4-9(13)3-7/h2-4,10,15H,5-6H2,1H3,(H,14,16). The predicted octanol–water partition coefficient (Wildman–Crippen LogP) is 1.33. The molecule has 0 bridgehead atoms. The maximum Gasteiger partial charge on any atom is 0.251 e. The third-order valence-electron chi connectivity index (χ3n) is 2.05. The van der Waals surface area contributed by atoms with Crippen LogP contribution in [-0.4, -0.2) is 37.4 Å². The van der Waals surface area contributed by atoms with Gasteiger partial charge in [-0.25, -0.2) is 4.39 Å². The Bertz CT molecular complexity index is 380. The van der Waals surface area contributed by atoms with E-state index in [-0.39, 0.29) is 18.8 Å². The molecule has 1 amide bonds. The number of nitrogens with one attached hydrogen (secondary N) is 1. The van der Waals surface area contributed by atoms with Crippen LogP contribution in [0.5, 0.6) is 0 Å². The van der Waals surface area contributed by atoms with E-state index in [1.807, 2.05) is 0 Å². The van der Waals surface area contributed by atoms with E-state index < -0.39 is 17.8 Å². The van der Waals surface area contributed by atoms with Gasteiger partial charge < -0.3 is 15.2 Å². The second-order valence-electron chi connectivity index (χ2n) is 3.47. The van der Waals surface area contributed by atoms with Gasteiger partial charge >= 0.3 is 0 Å². The van der Waals surface area contributed by atoms with Gasteiger partial charge in [-0.1, -0.05) is 15.9 Å². The van der Waals surface area contributed by atoms with Crippen LogP contribution in [0.1, 0.15) is 10.4 Å². The molecule has 1 atom stereocenters. The molecule has 1 rings (SSSR count). The first-order valence-corrected chi connectivity index (χ1v) is 5.73. The Morgan fingerprint density at radius 1 is 1.59 bits per heavy atom. The van der Waals surface area contributed by atoms with Crippen LogP contribution in [0.2, 0.25) is 0 Å². The summed E-state index contributed by atoms with van der Waals surface area (Å²) in [6.07, 6.45) is 0. The molecule has 0 saturated carbocycles. The van der Waals surface area contributed by atoms with Gasteiger partial charge in [0.15, 0.2) is 0 Å². The Morgan fingerprint density at radius 2 is 2.29 bits per heavy atom. The highest BCUT2D eigenvalue weighted by atomic mass is 79.9. The zero-order valence-electron chi connectivity index (χ0n) is 9.24. The Hall–Kier alpha value is -0.980. The van der Waals surface area contributed by atoms with Crippen molar-refractivity contribution in [1.82, 2.24) is 5.32 Å². The van der Waals surface area contributed by atoms with Gasteiger partial charge in [-0.2, -0.15) is 0 Å². The van der Waals surface area contributed by atoms with Crippen LogP contribution in [0.25, 0.3) is 0 Å². The number of carbonyl (C=O) groups is 1. The van der Waals surface area contributed by atoms with Gasteiger partial charge in [-0.05, 0) is 18.2 Å². The highest BCUT2D eigenvalue weighted by molar-refractivity contribution is 9.10. The van der Waals surface area contributed by atoms with Crippen molar-refractivity contribution < 1.29 is 19.0 Å². The van der Waals surface area contributed by atoms with Crippen molar-refractivity contribution >= 4 is 21.8 Å². The lowest BCUT2D eigenvalue weighted by Gasteiger charge is -2.15. The minimum absolute atomic E-state index is 0.187. The van der Waals surface area contributed by atoms with Gasteiger partial charge in [-0.15, -0.1) is 0 Å². The number of hydrogen-bond donors (Lipinski definition) is 2. The molecular weight excluding hydrogens is 293 g/mol. The van der Waals surface area contributed by atoms with E-state index in [0.29, 0.717) is 4.47 Å². The summed E-state index contributed by atoms with van der Waals surface area (Å²) in [5.41, 5.74) is 0.187. The number of benzene rings is 1. The average Bonchev–Trinajstić information content (AvgIpc) is 2.27. The second-order valence-corrected chi connectivity index (χ2v) is 4.38. The fraction of sp³-hybridized carbons (Fsp3) is 0.364. The molecule has 94 valence electrons. The maximum absolute atomic E-state index is 13.1. The molecule has 1 aromatic carbocycles. The van der Waals surface area contributed by atoms with Crippen LogP contribution in [0.3, 0.4) is 0 Å². The number of carbonyl (C=O) groups excluding carboxylic acids is 1. The molecule has 0 aliphatic carbocycles. The number of aliphatic hydroxyl groups is 1. The number of methoxy groups -OCH3 is 1. The summed E-state index contributed by atoms with van der Waals surface area (Å²) in [6.45, 7) is -0.0468. The van der Waals surface area contributed by atoms with Crippen molar-refractivity contribution in [2.75, 3.05) is 20.3 Å².